The highest BCUT2D eigenvalue weighted by molar-refractivity contribution is 8.00. The molecule has 144 valence electrons. The Morgan fingerprint density at radius 3 is 2.96 bits per heavy atom. The molecule has 3 heterocycles. The molecule has 2 aromatic heterocycles. The van der Waals surface area contributed by atoms with Crippen LogP contribution in [0.3, 0.4) is 0 Å². The van der Waals surface area contributed by atoms with Crippen molar-refractivity contribution in [1.29, 1.82) is 0 Å². The van der Waals surface area contributed by atoms with E-state index >= 15 is 0 Å². The first kappa shape index (κ1) is 17.8. The number of amides is 1. The van der Waals surface area contributed by atoms with Gasteiger partial charge in [-0.1, -0.05) is 11.8 Å². The third-order valence-electron chi connectivity index (χ3n) is 4.93. The lowest BCUT2D eigenvalue weighted by Gasteiger charge is -2.19. The van der Waals surface area contributed by atoms with Crippen LogP contribution in [0.25, 0.3) is 10.2 Å². The summed E-state index contributed by atoms with van der Waals surface area (Å²) in [5, 5.41) is 4.72. The molecule has 1 N–H and O–H groups in total. The number of ether oxygens (including phenoxy) is 2. The third kappa shape index (κ3) is 3.20. The molecule has 28 heavy (non-hydrogen) atoms. The molecule has 0 saturated heterocycles. The van der Waals surface area contributed by atoms with E-state index in [0.29, 0.717) is 30.4 Å². The topological polar surface area (TPSA) is 73.3 Å². The second-order valence-electron chi connectivity index (χ2n) is 6.82. The zero-order valence-electron chi connectivity index (χ0n) is 15.4. The molecule has 0 unspecified atom stereocenters. The predicted molar refractivity (Wildman–Crippen MR) is 111 cm³/mol. The number of aryl methyl sites for hydroxylation is 2. The lowest BCUT2D eigenvalue weighted by Crippen LogP contribution is -2.23. The maximum atomic E-state index is 12.7. The van der Waals surface area contributed by atoms with Gasteiger partial charge in [0.15, 0.2) is 11.5 Å². The van der Waals surface area contributed by atoms with Gasteiger partial charge in [-0.3, -0.25) is 4.79 Å². The Morgan fingerprint density at radius 1 is 1.21 bits per heavy atom. The molecule has 0 fully saturated rings. The van der Waals surface area contributed by atoms with Gasteiger partial charge in [0, 0.05) is 22.0 Å². The number of thiophene rings is 1. The average molecular weight is 414 g/mol. The number of hydrogen-bond acceptors (Lipinski definition) is 7. The summed E-state index contributed by atoms with van der Waals surface area (Å²) in [5.74, 6) is 1.30. The SMILES string of the molecule is C[C@H](Sc1ncnc2sc3c(c12)CCC3)C(=O)Nc1ccc2c(c1)OCCO2. The molecular formula is C20H19N3O3S2. The summed E-state index contributed by atoms with van der Waals surface area (Å²) in [7, 11) is 0. The molecule has 1 amide bonds. The van der Waals surface area contributed by atoms with Crippen LogP contribution in [0.2, 0.25) is 0 Å². The fourth-order valence-corrected chi connectivity index (χ4v) is 5.82. The van der Waals surface area contributed by atoms with E-state index in [9.17, 15) is 4.79 Å². The number of benzene rings is 1. The first-order valence-corrected chi connectivity index (χ1v) is 11.0. The van der Waals surface area contributed by atoms with E-state index in [2.05, 4.69) is 15.3 Å². The normalized spacial score (nSPS) is 16.0. The fraction of sp³-hybridized carbons (Fsp3) is 0.350. The third-order valence-corrected chi connectivity index (χ3v) is 7.23. The van der Waals surface area contributed by atoms with Gasteiger partial charge in [0.05, 0.1) is 5.25 Å². The van der Waals surface area contributed by atoms with E-state index < -0.39 is 0 Å². The molecule has 0 radical (unpaired) electrons. The number of nitrogens with one attached hydrogen (secondary N) is 1. The van der Waals surface area contributed by atoms with Crippen molar-refractivity contribution >= 4 is 44.9 Å². The van der Waals surface area contributed by atoms with Gasteiger partial charge in [-0.25, -0.2) is 9.97 Å². The van der Waals surface area contributed by atoms with Crippen molar-refractivity contribution in [3.05, 3.63) is 35.0 Å². The van der Waals surface area contributed by atoms with Crippen molar-refractivity contribution in [3.8, 4) is 11.5 Å². The zero-order valence-corrected chi connectivity index (χ0v) is 17.0. The van der Waals surface area contributed by atoms with Crippen molar-refractivity contribution < 1.29 is 14.3 Å². The first-order chi connectivity index (χ1) is 13.7. The molecule has 0 spiro atoms. The Hall–Kier alpha value is -2.32. The molecule has 1 atom stereocenters. The number of anilines is 1. The smallest absolute Gasteiger partial charge is 0.237 e. The van der Waals surface area contributed by atoms with Gasteiger partial charge in [0.1, 0.15) is 29.4 Å². The first-order valence-electron chi connectivity index (χ1n) is 9.31. The lowest BCUT2D eigenvalue weighted by molar-refractivity contribution is -0.115. The van der Waals surface area contributed by atoms with Gasteiger partial charge in [0.25, 0.3) is 0 Å². The Balaban J connectivity index is 1.34. The van der Waals surface area contributed by atoms with Crippen LogP contribution in [0, 0.1) is 0 Å². The fourth-order valence-electron chi connectivity index (χ4n) is 3.57. The summed E-state index contributed by atoms with van der Waals surface area (Å²) in [6.07, 6.45) is 4.99. The largest absolute Gasteiger partial charge is 0.486 e. The number of aromatic nitrogens is 2. The molecule has 0 saturated carbocycles. The number of fused-ring (bicyclic) bond motifs is 4. The number of rotatable bonds is 4. The van der Waals surface area contributed by atoms with Gasteiger partial charge in [-0.2, -0.15) is 0 Å². The standard InChI is InChI=1S/C20H19N3O3S2/c1-11(18(24)23-12-5-6-14-15(9-12)26-8-7-25-14)27-19-17-13-3-2-4-16(13)28-20(17)22-10-21-19/h5-6,9-11H,2-4,7-8H2,1H3,(H,23,24)/t11-/m0/s1. The van der Waals surface area contributed by atoms with Crippen molar-refractivity contribution in [2.45, 2.75) is 36.5 Å². The Bertz CT molecular complexity index is 1070. The maximum absolute atomic E-state index is 12.7. The zero-order chi connectivity index (χ0) is 19.1. The summed E-state index contributed by atoms with van der Waals surface area (Å²) in [4.78, 5) is 24.1. The maximum Gasteiger partial charge on any atom is 0.237 e. The van der Waals surface area contributed by atoms with E-state index in [0.717, 1.165) is 28.1 Å². The van der Waals surface area contributed by atoms with Crippen LogP contribution < -0.4 is 14.8 Å². The van der Waals surface area contributed by atoms with Crippen molar-refractivity contribution in [3.63, 3.8) is 0 Å². The number of carbonyl (C=O) groups is 1. The summed E-state index contributed by atoms with van der Waals surface area (Å²) in [6, 6.07) is 5.46. The van der Waals surface area contributed by atoms with E-state index in [-0.39, 0.29) is 11.2 Å². The summed E-state index contributed by atoms with van der Waals surface area (Å²) in [6.45, 7) is 2.97. The van der Waals surface area contributed by atoms with E-state index in [1.54, 1.807) is 23.7 Å². The Kier molecular flexibility index (Phi) is 4.60. The molecule has 3 aromatic rings. The number of hydrogen-bond donors (Lipinski definition) is 1. The van der Waals surface area contributed by atoms with Crippen molar-refractivity contribution in [1.82, 2.24) is 9.97 Å². The molecule has 1 aliphatic heterocycles. The highest BCUT2D eigenvalue weighted by atomic mass is 32.2. The minimum atomic E-state index is -0.289. The molecule has 8 heteroatoms. The molecule has 0 bridgehead atoms. The van der Waals surface area contributed by atoms with E-state index in [1.165, 1.54) is 28.6 Å². The highest BCUT2D eigenvalue weighted by Crippen LogP contribution is 2.41. The van der Waals surface area contributed by atoms with Gasteiger partial charge >= 0.3 is 0 Å². The van der Waals surface area contributed by atoms with E-state index in [4.69, 9.17) is 9.47 Å². The van der Waals surface area contributed by atoms with Gasteiger partial charge in [-0.05, 0) is 43.9 Å². The predicted octanol–water partition coefficient (Wildman–Crippen LogP) is 4.07. The van der Waals surface area contributed by atoms with E-state index in [1.807, 2.05) is 19.1 Å². The summed E-state index contributed by atoms with van der Waals surface area (Å²) in [5.41, 5.74) is 2.08. The second-order valence-corrected chi connectivity index (χ2v) is 9.24. The summed E-state index contributed by atoms with van der Waals surface area (Å²) < 4.78 is 11.1. The van der Waals surface area contributed by atoms with Crippen LogP contribution in [-0.4, -0.2) is 34.3 Å². The van der Waals surface area contributed by atoms with Gasteiger partial charge in [-0.15, -0.1) is 11.3 Å². The monoisotopic (exact) mass is 413 g/mol. The highest BCUT2D eigenvalue weighted by Gasteiger charge is 2.24. The van der Waals surface area contributed by atoms with Crippen LogP contribution in [-0.2, 0) is 17.6 Å². The minimum Gasteiger partial charge on any atom is -0.486 e. The molecule has 1 aliphatic carbocycles. The van der Waals surface area contributed by atoms with Crippen LogP contribution in [0.15, 0.2) is 29.6 Å². The molecule has 5 rings (SSSR count). The number of thioether (sulfide) groups is 1. The molecule has 6 nitrogen and oxygen atoms in total. The van der Waals surface area contributed by atoms with Crippen LogP contribution in [0.5, 0.6) is 11.5 Å². The Morgan fingerprint density at radius 2 is 2.07 bits per heavy atom. The molecule has 2 aliphatic rings. The summed E-state index contributed by atoms with van der Waals surface area (Å²) >= 11 is 3.25. The molecular weight excluding hydrogens is 394 g/mol. The van der Waals surface area contributed by atoms with Crippen LogP contribution in [0.1, 0.15) is 23.8 Å². The van der Waals surface area contributed by atoms with Gasteiger partial charge < -0.3 is 14.8 Å². The van der Waals surface area contributed by atoms with Crippen molar-refractivity contribution in [2.75, 3.05) is 18.5 Å². The quantitative estimate of drug-likeness (QED) is 0.513. The van der Waals surface area contributed by atoms with Gasteiger partial charge in [0.2, 0.25) is 5.91 Å². The Labute approximate surface area is 170 Å². The van der Waals surface area contributed by atoms with Crippen LogP contribution in [0.4, 0.5) is 5.69 Å². The number of nitrogens with zero attached hydrogens (tertiary/aromatic N) is 2. The number of carbonyl (C=O) groups excluding carboxylic acids is 1. The molecule has 1 aromatic carbocycles. The average Bonchev–Trinajstić information content (AvgIpc) is 3.29. The second kappa shape index (κ2) is 7.25. The van der Waals surface area contributed by atoms with Crippen molar-refractivity contribution in [2.24, 2.45) is 0 Å². The lowest BCUT2D eigenvalue weighted by atomic mass is 10.2. The van der Waals surface area contributed by atoms with Crippen LogP contribution >= 0.6 is 23.1 Å². The minimum absolute atomic E-state index is 0.0692.